The Balaban J connectivity index is 2.88. The van der Waals surface area contributed by atoms with Crippen molar-refractivity contribution in [3.05, 3.63) is 35.7 Å². The molecule has 1 aromatic heterocycles. The molecule has 1 aromatic rings. The number of hydrogen-bond donors (Lipinski definition) is 1. The monoisotopic (exact) mass is 215 g/mol. The summed E-state index contributed by atoms with van der Waals surface area (Å²) >= 11 is 0. The van der Waals surface area contributed by atoms with Crippen LogP contribution in [0.2, 0.25) is 0 Å². The SMILES string of the molecule is CC(C)NC(=O)/C(C#N)=C\c1ccncc1. The molecule has 0 bridgehead atoms. The molecule has 0 aliphatic rings. The minimum atomic E-state index is -0.352. The van der Waals surface area contributed by atoms with Crippen LogP contribution in [0, 0.1) is 11.3 Å². The van der Waals surface area contributed by atoms with Gasteiger partial charge in [0.2, 0.25) is 0 Å². The molecule has 82 valence electrons. The quantitative estimate of drug-likeness (QED) is 0.614. The van der Waals surface area contributed by atoms with E-state index < -0.39 is 0 Å². The van der Waals surface area contributed by atoms with Crippen LogP contribution in [0.25, 0.3) is 6.08 Å². The Morgan fingerprint density at radius 3 is 2.62 bits per heavy atom. The number of hydrogen-bond acceptors (Lipinski definition) is 3. The molecule has 0 aromatic carbocycles. The highest BCUT2D eigenvalue weighted by atomic mass is 16.1. The fraction of sp³-hybridized carbons (Fsp3) is 0.250. The average Bonchev–Trinajstić information content (AvgIpc) is 2.26. The zero-order valence-electron chi connectivity index (χ0n) is 9.27. The number of amides is 1. The first kappa shape index (κ1) is 11.9. The predicted molar refractivity (Wildman–Crippen MR) is 61.1 cm³/mol. The molecule has 0 aliphatic heterocycles. The van der Waals surface area contributed by atoms with E-state index in [9.17, 15) is 4.79 Å². The largest absolute Gasteiger partial charge is 0.349 e. The van der Waals surface area contributed by atoms with Gasteiger partial charge >= 0.3 is 0 Å². The lowest BCUT2D eigenvalue weighted by Crippen LogP contribution is -2.30. The van der Waals surface area contributed by atoms with Crippen molar-refractivity contribution in [3.8, 4) is 6.07 Å². The predicted octanol–water partition coefficient (Wildman–Crippen LogP) is 1.51. The van der Waals surface area contributed by atoms with E-state index in [2.05, 4.69) is 10.3 Å². The molecule has 0 spiro atoms. The fourth-order valence-corrected chi connectivity index (χ4v) is 1.11. The second kappa shape index (κ2) is 5.66. The lowest BCUT2D eigenvalue weighted by atomic mass is 10.1. The maximum atomic E-state index is 11.6. The molecular weight excluding hydrogens is 202 g/mol. The van der Waals surface area contributed by atoms with Crippen LogP contribution in [0.4, 0.5) is 0 Å². The Labute approximate surface area is 94.6 Å². The van der Waals surface area contributed by atoms with Crippen LogP contribution < -0.4 is 5.32 Å². The van der Waals surface area contributed by atoms with Crippen molar-refractivity contribution >= 4 is 12.0 Å². The zero-order valence-corrected chi connectivity index (χ0v) is 9.27. The van der Waals surface area contributed by atoms with E-state index in [-0.39, 0.29) is 17.5 Å². The smallest absolute Gasteiger partial charge is 0.262 e. The summed E-state index contributed by atoms with van der Waals surface area (Å²) in [5.41, 5.74) is 0.880. The second-order valence-corrected chi connectivity index (χ2v) is 3.58. The van der Waals surface area contributed by atoms with Gasteiger partial charge in [-0.05, 0) is 37.6 Å². The highest BCUT2D eigenvalue weighted by Crippen LogP contribution is 2.05. The summed E-state index contributed by atoms with van der Waals surface area (Å²) in [5.74, 6) is -0.352. The van der Waals surface area contributed by atoms with Gasteiger partial charge in [0.05, 0.1) is 0 Å². The molecule has 0 atom stereocenters. The van der Waals surface area contributed by atoms with Gasteiger partial charge in [-0.25, -0.2) is 0 Å². The Bertz CT molecular complexity index is 429. The first-order valence-corrected chi connectivity index (χ1v) is 4.96. The van der Waals surface area contributed by atoms with Crippen molar-refractivity contribution in [2.75, 3.05) is 0 Å². The fourth-order valence-electron chi connectivity index (χ4n) is 1.11. The van der Waals surface area contributed by atoms with E-state index >= 15 is 0 Å². The Morgan fingerprint density at radius 1 is 1.50 bits per heavy atom. The van der Waals surface area contributed by atoms with E-state index in [4.69, 9.17) is 5.26 Å². The number of carbonyl (C=O) groups is 1. The van der Waals surface area contributed by atoms with Crippen molar-refractivity contribution in [1.82, 2.24) is 10.3 Å². The number of nitrogens with zero attached hydrogens (tertiary/aromatic N) is 2. The van der Waals surface area contributed by atoms with E-state index in [0.717, 1.165) is 5.56 Å². The van der Waals surface area contributed by atoms with Gasteiger partial charge in [-0.3, -0.25) is 9.78 Å². The summed E-state index contributed by atoms with van der Waals surface area (Å²) in [7, 11) is 0. The van der Waals surface area contributed by atoms with E-state index in [1.165, 1.54) is 0 Å². The molecule has 1 heterocycles. The van der Waals surface area contributed by atoms with Crippen molar-refractivity contribution in [2.24, 2.45) is 0 Å². The molecule has 1 rings (SSSR count). The molecule has 0 radical (unpaired) electrons. The Kier molecular flexibility index (Phi) is 4.22. The maximum Gasteiger partial charge on any atom is 0.262 e. The molecule has 4 nitrogen and oxygen atoms in total. The number of aromatic nitrogens is 1. The highest BCUT2D eigenvalue weighted by molar-refractivity contribution is 6.01. The van der Waals surface area contributed by atoms with Crippen LogP contribution in [-0.4, -0.2) is 16.9 Å². The van der Waals surface area contributed by atoms with Crippen molar-refractivity contribution in [2.45, 2.75) is 19.9 Å². The van der Waals surface area contributed by atoms with Gasteiger partial charge < -0.3 is 5.32 Å². The van der Waals surface area contributed by atoms with Gasteiger partial charge in [-0.1, -0.05) is 0 Å². The normalized spacial score (nSPS) is 11.0. The van der Waals surface area contributed by atoms with Gasteiger partial charge in [0.1, 0.15) is 11.6 Å². The van der Waals surface area contributed by atoms with E-state index in [0.29, 0.717) is 0 Å². The summed E-state index contributed by atoms with van der Waals surface area (Å²) in [6.07, 6.45) is 4.77. The molecule has 16 heavy (non-hydrogen) atoms. The highest BCUT2D eigenvalue weighted by Gasteiger charge is 2.09. The third kappa shape index (κ3) is 3.54. The maximum absolute atomic E-state index is 11.6. The Hall–Kier alpha value is -2.15. The first-order valence-electron chi connectivity index (χ1n) is 4.96. The summed E-state index contributed by atoms with van der Waals surface area (Å²) in [5, 5.41) is 11.5. The van der Waals surface area contributed by atoms with Gasteiger partial charge in [-0.15, -0.1) is 0 Å². The molecule has 0 saturated carbocycles. The van der Waals surface area contributed by atoms with Crippen LogP contribution in [0.1, 0.15) is 19.4 Å². The minimum Gasteiger partial charge on any atom is -0.349 e. The molecule has 0 unspecified atom stereocenters. The van der Waals surface area contributed by atoms with Crippen molar-refractivity contribution in [1.29, 1.82) is 5.26 Å². The van der Waals surface area contributed by atoms with E-state index in [1.807, 2.05) is 19.9 Å². The molecule has 1 amide bonds. The van der Waals surface area contributed by atoms with Crippen LogP contribution >= 0.6 is 0 Å². The third-order valence-electron chi connectivity index (χ3n) is 1.80. The molecular formula is C12H13N3O. The lowest BCUT2D eigenvalue weighted by Gasteiger charge is -2.06. The van der Waals surface area contributed by atoms with Gasteiger partial charge in [0, 0.05) is 18.4 Å². The molecule has 1 N–H and O–H groups in total. The lowest BCUT2D eigenvalue weighted by molar-refractivity contribution is -0.117. The van der Waals surface area contributed by atoms with Crippen LogP contribution in [0.15, 0.2) is 30.1 Å². The average molecular weight is 215 g/mol. The summed E-state index contributed by atoms with van der Waals surface area (Å²) < 4.78 is 0. The molecule has 4 heteroatoms. The summed E-state index contributed by atoms with van der Waals surface area (Å²) in [6, 6.07) is 5.37. The molecule has 0 aliphatic carbocycles. The van der Waals surface area contributed by atoms with Crippen LogP contribution in [0.3, 0.4) is 0 Å². The molecule has 0 saturated heterocycles. The van der Waals surface area contributed by atoms with E-state index in [1.54, 1.807) is 30.6 Å². The van der Waals surface area contributed by atoms with Crippen LogP contribution in [0.5, 0.6) is 0 Å². The number of pyridine rings is 1. The summed E-state index contributed by atoms with van der Waals surface area (Å²) in [4.78, 5) is 15.4. The minimum absolute atomic E-state index is 0.0155. The number of carbonyl (C=O) groups excluding carboxylic acids is 1. The van der Waals surface area contributed by atoms with Crippen LogP contribution in [-0.2, 0) is 4.79 Å². The van der Waals surface area contributed by atoms with Gasteiger partial charge in [-0.2, -0.15) is 5.26 Å². The Morgan fingerprint density at radius 2 is 2.12 bits per heavy atom. The van der Waals surface area contributed by atoms with Gasteiger partial charge in [0.25, 0.3) is 5.91 Å². The molecule has 0 fully saturated rings. The zero-order chi connectivity index (χ0) is 12.0. The summed E-state index contributed by atoms with van der Waals surface area (Å²) in [6.45, 7) is 3.69. The second-order valence-electron chi connectivity index (χ2n) is 3.58. The van der Waals surface area contributed by atoms with Crippen molar-refractivity contribution < 1.29 is 4.79 Å². The number of nitrogens with one attached hydrogen (secondary N) is 1. The van der Waals surface area contributed by atoms with Crippen molar-refractivity contribution in [3.63, 3.8) is 0 Å². The topological polar surface area (TPSA) is 65.8 Å². The number of rotatable bonds is 3. The number of nitriles is 1. The third-order valence-corrected chi connectivity index (χ3v) is 1.80. The standard InChI is InChI=1S/C12H13N3O/c1-9(2)15-12(16)11(8-13)7-10-3-5-14-6-4-10/h3-7,9H,1-2H3,(H,15,16)/b11-7-. The first-order chi connectivity index (χ1) is 7.63. The van der Waals surface area contributed by atoms with Gasteiger partial charge in [0.15, 0.2) is 0 Å².